The fraction of sp³-hybridized carbons (Fsp3) is 0.261. The number of nitrogens with zero attached hydrogens (tertiary/aromatic N) is 4. The van der Waals surface area contributed by atoms with Crippen molar-refractivity contribution < 1.29 is 20.1 Å². The zero-order valence-electron chi connectivity index (χ0n) is 17.5. The Morgan fingerprint density at radius 2 is 1.79 bits per heavy atom. The van der Waals surface area contributed by atoms with Gasteiger partial charge in [0.15, 0.2) is 11.9 Å². The number of fused-ring (bicyclic) bond motifs is 3. The summed E-state index contributed by atoms with van der Waals surface area (Å²) < 4.78 is 7.36. The first-order valence-corrected chi connectivity index (χ1v) is 12.0. The first kappa shape index (κ1) is 21.1. The highest BCUT2D eigenvalue weighted by Crippen LogP contribution is 2.51. The zero-order chi connectivity index (χ0) is 22.7. The van der Waals surface area contributed by atoms with Gasteiger partial charge < -0.3 is 20.1 Å². The number of aliphatic hydroxyl groups excluding tert-OH is 2. The van der Waals surface area contributed by atoms with Crippen LogP contribution >= 0.6 is 23.5 Å². The van der Waals surface area contributed by atoms with Crippen LogP contribution in [-0.2, 0) is 4.74 Å². The van der Waals surface area contributed by atoms with E-state index >= 15 is 0 Å². The Labute approximate surface area is 197 Å². The molecule has 2 aromatic heterocycles. The van der Waals surface area contributed by atoms with Crippen molar-refractivity contribution in [2.75, 3.05) is 6.61 Å². The molecule has 4 heterocycles. The number of aliphatic hydroxyl groups is 3. The maximum atomic E-state index is 10.9. The van der Waals surface area contributed by atoms with E-state index in [1.807, 2.05) is 24.3 Å². The maximum absolute atomic E-state index is 10.9. The summed E-state index contributed by atoms with van der Waals surface area (Å²) >= 11 is 3.44. The molecule has 0 amide bonds. The van der Waals surface area contributed by atoms with Gasteiger partial charge in [-0.15, -0.1) is 0 Å². The standard InChI is InChI=1S/C23H20N4O4S2/c1-23(30)20(29)13(9-28)31-22(23)27-11-26-18-17(24-10-25-21(18)27)12-5-4-8-16-19(12)33-15-7-3-2-6-14(15)32-16/h2-8,10-11,13,20,22,28-30H,9H2,1H3/t13-,20-,22?,23-/m1/s1. The summed E-state index contributed by atoms with van der Waals surface area (Å²) in [4.78, 5) is 18.2. The Kier molecular flexibility index (Phi) is 4.98. The number of rotatable bonds is 3. The molecule has 0 bridgehead atoms. The van der Waals surface area contributed by atoms with Crippen LogP contribution in [0.4, 0.5) is 0 Å². The highest BCUT2D eigenvalue weighted by atomic mass is 32.2. The fourth-order valence-corrected chi connectivity index (χ4v) is 6.73. The van der Waals surface area contributed by atoms with E-state index in [4.69, 9.17) is 4.74 Å². The zero-order valence-corrected chi connectivity index (χ0v) is 19.1. The highest BCUT2D eigenvalue weighted by molar-refractivity contribution is 8.05. The number of benzene rings is 2. The molecule has 2 aliphatic heterocycles. The van der Waals surface area contributed by atoms with Crippen LogP contribution < -0.4 is 0 Å². The molecule has 4 aromatic rings. The predicted molar refractivity (Wildman–Crippen MR) is 123 cm³/mol. The Hall–Kier alpha value is -2.47. The van der Waals surface area contributed by atoms with Crippen LogP contribution in [0.15, 0.2) is 74.7 Å². The van der Waals surface area contributed by atoms with E-state index in [1.165, 1.54) is 29.4 Å². The molecule has 1 unspecified atom stereocenters. The van der Waals surface area contributed by atoms with Crippen LogP contribution in [-0.4, -0.2) is 59.3 Å². The largest absolute Gasteiger partial charge is 0.394 e. The molecular formula is C23H20N4O4S2. The van der Waals surface area contributed by atoms with E-state index < -0.39 is 30.6 Å². The van der Waals surface area contributed by atoms with Gasteiger partial charge >= 0.3 is 0 Å². The molecule has 1 fully saturated rings. The molecule has 1 saturated heterocycles. The summed E-state index contributed by atoms with van der Waals surface area (Å²) in [5.41, 5.74) is 1.04. The average Bonchev–Trinajstić information content (AvgIpc) is 3.35. The number of aromatic nitrogens is 4. The molecule has 168 valence electrons. The van der Waals surface area contributed by atoms with E-state index in [0.717, 1.165) is 15.4 Å². The van der Waals surface area contributed by atoms with Gasteiger partial charge in [-0.05, 0) is 25.1 Å². The van der Waals surface area contributed by atoms with Crippen molar-refractivity contribution in [3.8, 4) is 11.3 Å². The SMILES string of the molecule is C[C@]1(O)C(n2cnc3c(-c4cccc5c4Sc4ccccc4S5)ncnc32)O[C@H](CO)[C@H]1O. The number of ether oxygens (including phenoxy) is 1. The lowest BCUT2D eigenvalue weighted by Gasteiger charge is -2.27. The van der Waals surface area contributed by atoms with Crippen molar-refractivity contribution >= 4 is 34.7 Å². The molecule has 0 aliphatic carbocycles. The second-order valence-corrected chi connectivity index (χ2v) is 10.3. The van der Waals surface area contributed by atoms with Crippen LogP contribution in [0.1, 0.15) is 13.2 Å². The van der Waals surface area contributed by atoms with Gasteiger partial charge in [0, 0.05) is 25.1 Å². The van der Waals surface area contributed by atoms with Crippen LogP contribution in [0.2, 0.25) is 0 Å². The first-order valence-electron chi connectivity index (χ1n) is 10.4. The summed E-state index contributed by atoms with van der Waals surface area (Å²) in [5.74, 6) is 0. The molecule has 0 radical (unpaired) electrons. The van der Waals surface area contributed by atoms with E-state index in [2.05, 4.69) is 33.2 Å². The van der Waals surface area contributed by atoms with Gasteiger partial charge in [0.05, 0.1) is 12.9 Å². The number of hydrogen-bond donors (Lipinski definition) is 3. The van der Waals surface area contributed by atoms with Crippen molar-refractivity contribution in [2.45, 2.75) is 50.5 Å². The average molecular weight is 481 g/mol. The quantitative estimate of drug-likeness (QED) is 0.358. The van der Waals surface area contributed by atoms with Crippen molar-refractivity contribution in [3.05, 3.63) is 55.1 Å². The van der Waals surface area contributed by atoms with Gasteiger partial charge in [-0.1, -0.05) is 47.8 Å². The molecule has 10 heteroatoms. The molecule has 0 spiro atoms. The Morgan fingerprint density at radius 3 is 2.55 bits per heavy atom. The summed E-state index contributed by atoms with van der Waals surface area (Å²) in [6.07, 6.45) is -0.118. The van der Waals surface area contributed by atoms with Crippen LogP contribution in [0, 0.1) is 0 Å². The molecule has 2 aliphatic rings. The van der Waals surface area contributed by atoms with E-state index in [1.54, 1.807) is 28.1 Å². The maximum Gasteiger partial charge on any atom is 0.168 e. The molecule has 0 saturated carbocycles. The van der Waals surface area contributed by atoms with E-state index in [0.29, 0.717) is 16.9 Å². The monoisotopic (exact) mass is 480 g/mol. The molecule has 3 N–H and O–H groups in total. The predicted octanol–water partition coefficient (Wildman–Crippen LogP) is 3.11. The van der Waals surface area contributed by atoms with Crippen molar-refractivity contribution in [1.82, 2.24) is 19.5 Å². The molecule has 8 nitrogen and oxygen atoms in total. The molecular weight excluding hydrogens is 460 g/mol. The van der Waals surface area contributed by atoms with Crippen LogP contribution in [0.3, 0.4) is 0 Å². The second kappa shape index (κ2) is 7.79. The lowest BCUT2D eigenvalue weighted by Crippen LogP contribution is -2.44. The van der Waals surface area contributed by atoms with Gasteiger partial charge in [0.1, 0.15) is 35.3 Å². The van der Waals surface area contributed by atoms with Crippen molar-refractivity contribution in [2.24, 2.45) is 0 Å². The Balaban J connectivity index is 1.47. The second-order valence-electron chi connectivity index (χ2n) is 8.21. The third-order valence-electron chi connectivity index (χ3n) is 6.06. The van der Waals surface area contributed by atoms with Crippen LogP contribution in [0.5, 0.6) is 0 Å². The lowest BCUT2D eigenvalue weighted by atomic mass is 9.96. The van der Waals surface area contributed by atoms with E-state index in [9.17, 15) is 15.3 Å². The minimum Gasteiger partial charge on any atom is -0.394 e. The molecule has 6 rings (SSSR count). The van der Waals surface area contributed by atoms with Crippen LogP contribution in [0.25, 0.3) is 22.4 Å². The summed E-state index contributed by atoms with van der Waals surface area (Å²) in [7, 11) is 0. The normalized spacial score (nSPS) is 26.4. The summed E-state index contributed by atoms with van der Waals surface area (Å²) in [6, 6.07) is 14.4. The van der Waals surface area contributed by atoms with E-state index in [-0.39, 0.29) is 0 Å². The van der Waals surface area contributed by atoms with Gasteiger partial charge in [-0.2, -0.15) is 0 Å². The number of hydrogen-bond acceptors (Lipinski definition) is 9. The topological polar surface area (TPSA) is 114 Å². The lowest BCUT2D eigenvalue weighted by molar-refractivity contribution is -0.0950. The molecule has 2 aromatic carbocycles. The third kappa shape index (κ3) is 3.21. The van der Waals surface area contributed by atoms with Gasteiger partial charge in [-0.25, -0.2) is 15.0 Å². The van der Waals surface area contributed by atoms with Gasteiger partial charge in [-0.3, -0.25) is 4.57 Å². The summed E-state index contributed by atoms with van der Waals surface area (Å²) in [6.45, 7) is 1.07. The first-order chi connectivity index (χ1) is 16.0. The smallest absolute Gasteiger partial charge is 0.168 e. The highest BCUT2D eigenvalue weighted by Gasteiger charge is 2.53. The van der Waals surface area contributed by atoms with Gasteiger partial charge in [0.25, 0.3) is 0 Å². The van der Waals surface area contributed by atoms with Crippen molar-refractivity contribution in [3.63, 3.8) is 0 Å². The fourth-order valence-electron chi connectivity index (χ4n) is 4.35. The minimum atomic E-state index is -1.63. The van der Waals surface area contributed by atoms with Gasteiger partial charge in [0.2, 0.25) is 0 Å². The Morgan fingerprint density at radius 1 is 1.03 bits per heavy atom. The molecule has 33 heavy (non-hydrogen) atoms. The number of imidazole rings is 1. The Bertz CT molecular complexity index is 1380. The van der Waals surface area contributed by atoms with Crippen molar-refractivity contribution in [1.29, 1.82) is 0 Å². The molecule has 4 atom stereocenters. The third-order valence-corrected chi connectivity index (χ3v) is 8.68. The summed E-state index contributed by atoms with van der Waals surface area (Å²) in [5, 5.41) is 30.8. The minimum absolute atomic E-state index is 0.410.